The van der Waals surface area contributed by atoms with Crippen LogP contribution in [0.15, 0.2) is 5.03 Å². The number of nitrogens with zero attached hydrogens (tertiary/aromatic N) is 2. The summed E-state index contributed by atoms with van der Waals surface area (Å²) >= 11 is 1.03. The van der Waals surface area contributed by atoms with Crippen molar-refractivity contribution in [3.63, 3.8) is 0 Å². The van der Waals surface area contributed by atoms with E-state index in [1.165, 1.54) is 0 Å². The summed E-state index contributed by atoms with van der Waals surface area (Å²) in [4.78, 5) is 16.4. The summed E-state index contributed by atoms with van der Waals surface area (Å²) in [5.41, 5.74) is 0. The highest BCUT2D eigenvalue weighted by Gasteiger charge is 2.19. The molecule has 0 aromatic carbocycles. The number of hydrogen-bond acceptors (Lipinski definition) is 6. The van der Waals surface area contributed by atoms with Gasteiger partial charge in [-0.05, 0) is 4.92 Å². The first-order chi connectivity index (χ1) is 7.04. The summed E-state index contributed by atoms with van der Waals surface area (Å²) in [6.45, 7) is 1.24. The molecule has 0 radical (unpaired) electrons. The second-order valence-corrected chi connectivity index (χ2v) is 3.89. The lowest BCUT2D eigenvalue weighted by Crippen LogP contribution is -2.14. The van der Waals surface area contributed by atoms with Crippen molar-refractivity contribution in [3.05, 3.63) is 15.9 Å². The number of nitro groups is 1. The normalized spacial score (nSPS) is 12.7. The fourth-order valence-electron chi connectivity index (χ4n) is 0.910. The number of aromatic amines is 1. The van der Waals surface area contributed by atoms with Crippen LogP contribution >= 0.6 is 11.8 Å². The molecule has 15 heavy (non-hydrogen) atoms. The molecule has 0 aliphatic carbocycles. The van der Waals surface area contributed by atoms with Gasteiger partial charge in [0.2, 0.25) is 0 Å². The number of rotatable bonds is 5. The van der Waals surface area contributed by atoms with E-state index in [4.69, 9.17) is 10.2 Å². The van der Waals surface area contributed by atoms with Gasteiger partial charge in [-0.2, -0.15) is 4.98 Å². The maximum atomic E-state index is 10.6. The lowest BCUT2D eigenvalue weighted by molar-refractivity contribution is -0.392. The molecular weight excluding hydrogens is 222 g/mol. The maximum Gasteiger partial charge on any atom is 0.354 e. The Labute approximate surface area is 89.7 Å². The molecule has 84 valence electrons. The van der Waals surface area contributed by atoms with Gasteiger partial charge in [0.05, 0.1) is 12.7 Å². The average Bonchev–Trinajstić information content (AvgIpc) is 2.56. The van der Waals surface area contributed by atoms with Crippen LogP contribution in [-0.4, -0.2) is 43.6 Å². The zero-order valence-electron chi connectivity index (χ0n) is 8.01. The smallest absolute Gasteiger partial charge is 0.354 e. The van der Waals surface area contributed by atoms with Crippen molar-refractivity contribution in [2.24, 2.45) is 0 Å². The van der Waals surface area contributed by atoms with Gasteiger partial charge in [0.15, 0.2) is 10.9 Å². The Balaban J connectivity index is 2.71. The molecule has 1 heterocycles. The molecule has 1 rings (SSSR count). The third-order valence-corrected chi connectivity index (χ3v) is 2.69. The molecule has 1 atom stereocenters. The molecule has 0 fully saturated rings. The van der Waals surface area contributed by atoms with E-state index in [0.717, 1.165) is 11.8 Å². The van der Waals surface area contributed by atoms with E-state index in [2.05, 4.69) is 9.97 Å². The summed E-state index contributed by atoms with van der Waals surface area (Å²) in [7, 11) is 0. The minimum Gasteiger partial charge on any atom is -0.394 e. The molecule has 0 unspecified atom stereocenters. The van der Waals surface area contributed by atoms with Crippen molar-refractivity contribution in [3.8, 4) is 0 Å². The average molecular weight is 233 g/mol. The first-order valence-electron chi connectivity index (χ1n) is 4.17. The van der Waals surface area contributed by atoms with E-state index in [-0.39, 0.29) is 23.2 Å². The zero-order valence-corrected chi connectivity index (χ0v) is 8.82. The van der Waals surface area contributed by atoms with E-state index < -0.39 is 11.0 Å². The molecule has 0 aliphatic heterocycles. The van der Waals surface area contributed by atoms with Gasteiger partial charge in [0, 0.05) is 12.7 Å². The molecule has 8 heteroatoms. The van der Waals surface area contributed by atoms with Gasteiger partial charge in [-0.25, -0.2) is 4.98 Å². The van der Waals surface area contributed by atoms with Crippen LogP contribution < -0.4 is 0 Å². The van der Waals surface area contributed by atoms with E-state index in [9.17, 15) is 10.1 Å². The zero-order chi connectivity index (χ0) is 11.4. The van der Waals surface area contributed by atoms with Gasteiger partial charge in [-0.3, -0.25) is 0 Å². The van der Waals surface area contributed by atoms with Crippen LogP contribution in [0.3, 0.4) is 0 Å². The summed E-state index contributed by atoms with van der Waals surface area (Å²) in [6, 6.07) is 0. The second-order valence-electron chi connectivity index (χ2n) is 2.88. The lowest BCUT2D eigenvalue weighted by atomic mass is 10.4. The van der Waals surface area contributed by atoms with Gasteiger partial charge >= 0.3 is 5.82 Å². The number of nitrogens with one attached hydrogen (secondary N) is 1. The van der Waals surface area contributed by atoms with Crippen molar-refractivity contribution < 1.29 is 15.1 Å². The van der Waals surface area contributed by atoms with Crippen molar-refractivity contribution in [2.45, 2.75) is 18.1 Å². The van der Waals surface area contributed by atoms with Gasteiger partial charge in [-0.15, -0.1) is 0 Å². The maximum absolute atomic E-state index is 10.6. The molecule has 0 bridgehead atoms. The highest BCUT2D eigenvalue weighted by molar-refractivity contribution is 7.99. The minimum absolute atomic E-state index is 0.168. The molecule has 1 aromatic heterocycles. The predicted molar refractivity (Wildman–Crippen MR) is 53.8 cm³/mol. The van der Waals surface area contributed by atoms with Crippen LogP contribution in [0.25, 0.3) is 0 Å². The van der Waals surface area contributed by atoms with Gasteiger partial charge < -0.3 is 20.3 Å². The fraction of sp³-hybridized carbons (Fsp3) is 0.571. The van der Waals surface area contributed by atoms with E-state index in [0.29, 0.717) is 5.82 Å². The summed E-state index contributed by atoms with van der Waals surface area (Å²) < 4.78 is 0. The largest absolute Gasteiger partial charge is 0.394 e. The Morgan fingerprint density at radius 2 is 2.40 bits per heavy atom. The number of aryl methyl sites for hydroxylation is 1. The standard InChI is InChI=1S/C7H11N3O4S/c1-4-8-6(10(13)14)7(9-4)15-3-5(12)2-11/h5,11-12H,2-3H2,1H3,(H,8,9)/t5-/m0/s1. The molecule has 0 saturated carbocycles. The first-order valence-corrected chi connectivity index (χ1v) is 5.16. The molecule has 0 saturated heterocycles. The lowest BCUT2D eigenvalue weighted by Gasteiger charge is -2.03. The minimum atomic E-state index is -0.897. The topological polar surface area (TPSA) is 112 Å². The SMILES string of the molecule is Cc1nc(SC[C@@H](O)CO)c([N+](=O)[O-])[nH]1. The van der Waals surface area contributed by atoms with Crippen LogP contribution in [0, 0.1) is 17.0 Å². The molecule has 7 nitrogen and oxygen atoms in total. The fourth-order valence-corrected chi connectivity index (χ4v) is 1.83. The molecule has 3 N–H and O–H groups in total. The number of imidazole rings is 1. The van der Waals surface area contributed by atoms with Gasteiger partial charge in [0.1, 0.15) is 0 Å². The van der Waals surface area contributed by atoms with Gasteiger partial charge in [0.25, 0.3) is 0 Å². The van der Waals surface area contributed by atoms with Crippen LogP contribution in [0.4, 0.5) is 5.82 Å². The monoisotopic (exact) mass is 233 g/mol. The van der Waals surface area contributed by atoms with Crippen molar-refractivity contribution >= 4 is 17.6 Å². The number of thioether (sulfide) groups is 1. The van der Waals surface area contributed by atoms with Crippen molar-refractivity contribution in [2.75, 3.05) is 12.4 Å². The second kappa shape index (κ2) is 5.10. The highest BCUT2D eigenvalue weighted by atomic mass is 32.2. The highest BCUT2D eigenvalue weighted by Crippen LogP contribution is 2.26. The van der Waals surface area contributed by atoms with Crippen LogP contribution in [-0.2, 0) is 0 Å². The third kappa shape index (κ3) is 3.18. The summed E-state index contributed by atoms with van der Waals surface area (Å²) in [5.74, 6) is 0.437. The van der Waals surface area contributed by atoms with E-state index in [1.807, 2.05) is 0 Å². The third-order valence-electron chi connectivity index (χ3n) is 1.58. The van der Waals surface area contributed by atoms with Crippen molar-refractivity contribution in [1.82, 2.24) is 9.97 Å². The number of aromatic nitrogens is 2. The summed E-state index contributed by atoms with van der Waals surface area (Å²) in [6.07, 6.45) is -0.897. The molecular formula is C7H11N3O4S. The Morgan fingerprint density at radius 3 is 2.93 bits per heavy atom. The summed E-state index contributed by atoms with van der Waals surface area (Å²) in [5, 5.41) is 28.4. The first kappa shape index (κ1) is 12.0. The molecule has 0 spiro atoms. The number of aliphatic hydroxyl groups is 2. The Bertz CT molecular complexity index is 354. The number of aliphatic hydroxyl groups excluding tert-OH is 2. The quantitative estimate of drug-likeness (QED) is 0.377. The van der Waals surface area contributed by atoms with Crippen LogP contribution in [0.5, 0.6) is 0 Å². The Hall–Kier alpha value is -1.12. The molecule has 1 aromatic rings. The van der Waals surface area contributed by atoms with Crippen LogP contribution in [0.2, 0.25) is 0 Å². The Kier molecular flexibility index (Phi) is 4.06. The number of hydrogen-bond donors (Lipinski definition) is 3. The molecule has 0 amide bonds. The predicted octanol–water partition coefficient (Wildman–Crippen LogP) is 0.0716. The van der Waals surface area contributed by atoms with Crippen LogP contribution in [0.1, 0.15) is 5.82 Å². The van der Waals surface area contributed by atoms with Gasteiger partial charge in [-0.1, -0.05) is 11.8 Å². The molecule has 0 aliphatic rings. The van der Waals surface area contributed by atoms with E-state index in [1.54, 1.807) is 6.92 Å². The van der Waals surface area contributed by atoms with Crippen molar-refractivity contribution in [1.29, 1.82) is 0 Å². The van der Waals surface area contributed by atoms with E-state index >= 15 is 0 Å². The number of H-pyrrole nitrogens is 1. The Morgan fingerprint density at radius 1 is 1.73 bits per heavy atom.